The van der Waals surface area contributed by atoms with Crippen molar-refractivity contribution >= 4 is 23.2 Å². The van der Waals surface area contributed by atoms with Gasteiger partial charge in [-0.1, -0.05) is 0 Å². The van der Waals surface area contributed by atoms with Crippen LogP contribution in [-0.4, -0.2) is 37.0 Å². The highest BCUT2D eigenvalue weighted by Crippen LogP contribution is 2.16. The first kappa shape index (κ1) is 14.7. The van der Waals surface area contributed by atoms with E-state index in [1.165, 1.54) is 10.4 Å². The molecule has 4 nitrogen and oxygen atoms in total. The predicted molar refractivity (Wildman–Crippen MR) is 71.6 cm³/mol. The highest BCUT2D eigenvalue weighted by Gasteiger charge is 2.14. The molecular weight excluding hydrogens is 250 g/mol. The van der Waals surface area contributed by atoms with Gasteiger partial charge in [-0.25, -0.2) is 0 Å². The van der Waals surface area contributed by atoms with E-state index in [4.69, 9.17) is 4.74 Å². The molecule has 0 aliphatic rings. The Morgan fingerprint density at radius 1 is 1.44 bits per heavy atom. The predicted octanol–water partition coefficient (Wildman–Crippen LogP) is 2.01. The number of hydrogen-bond donors (Lipinski definition) is 0. The van der Waals surface area contributed by atoms with E-state index in [0.717, 1.165) is 6.42 Å². The van der Waals surface area contributed by atoms with Crippen LogP contribution in [0.5, 0.6) is 0 Å². The average molecular weight is 269 g/mol. The summed E-state index contributed by atoms with van der Waals surface area (Å²) in [6.45, 7) is 4.72. The summed E-state index contributed by atoms with van der Waals surface area (Å²) in [5, 5.41) is 2.05. The van der Waals surface area contributed by atoms with Gasteiger partial charge in [-0.2, -0.15) is 0 Å². The number of carbonyl (C=O) groups excluding carboxylic acids is 2. The molecule has 0 unspecified atom stereocenters. The molecule has 0 fully saturated rings. The van der Waals surface area contributed by atoms with E-state index < -0.39 is 5.97 Å². The van der Waals surface area contributed by atoms with Crippen molar-refractivity contribution in [2.24, 2.45) is 0 Å². The van der Waals surface area contributed by atoms with Crippen LogP contribution in [-0.2, 0) is 20.7 Å². The van der Waals surface area contributed by atoms with Gasteiger partial charge in [-0.05, 0) is 37.3 Å². The summed E-state index contributed by atoms with van der Waals surface area (Å²) in [5.41, 5.74) is 1.26. The maximum atomic E-state index is 11.7. The molecule has 0 aliphatic heterocycles. The third-order valence-corrected chi connectivity index (χ3v) is 3.75. The normalized spacial score (nSPS) is 10.2. The fourth-order valence-electron chi connectivity index (χ4n) is 1.52. The summed E-state index contributed by atoms with van der Waals surface area (Å²) < 4.78 is 4.75. The van der Waals surface area contributed by atoms with Gasteiger partial charge in [0.1, 0.15) is 6.42 Å². The van der Waals surface area contributed by atoms with Gasteiger partial charge in [0.25, 0.3) is 0 Å². The minimum absolute atomic E-state index is 0.173. The maximum absolute atomic E-state index is 11.7. The van der Waals surface area contributed by atoms with Gasteiger partial charge in [-0.3, -0.25) is 9.59 Å². The highest BCUT2D eigenvalue weighted by atomic mass is 32.1. The summed E-state index contributed by atoms with van der Waals surface area (Å²) in [4.78, 5) is 25.7. The SMILES string of the molecule is CCOC(=O)CC(=O)N(C)CCc1sccc1C. The van der Waals surface area contributed by atoms with Crippen LogP contribution in [0.3, 0.4) is 0 Å². The third-order valence-electron chi connectivity index (χ3n) is 2.67. The lowest BCUT2D eigenvalue weighted by molar-refractivity contribution is -0.148. The zero-order valence-corrected chi connectivity index (χ0v) is 11.9. The van der Waals surface area contributed by atoms with Crippen molar-refractivity contribution in [1.29, 1.82) is 0 Å². The summed E-state index contributed by atoms with van der Waals surface area (Å²) in [6.07, 6.45) is 0.655. The molecule has 1 rings (SSSR count). The van der Waals surface area contributed by atoms with E-state index >= 15 is 0 Å². The van der Waals surface area contributed by atoms with E-state index in [2.05, 4.69) is 13.0 Å². The molecule has 0 N–H and O–H groups in total. The first-order chi connectivity index (χ1) is 8.54. The van der Waals surface area contributed by atoms with Crippen LogP contribution in [0, 0.1) is 6.92 Å². The van der Waals surface area contributed by atoms with Crippen LogP contribution in [0.1, 0.15) is 23.8 Å². The van der Waals surface area contributed by atoms with Gasteiger partial charge in [0, 0.05) is 18.5 Å². The van der Waals surface area contributed by atoms with Crippen LogP contribution in [0.25, 0.3) is 0 Å². The van der Waals surface area contributed by atoms with Crippen molar-refractivity contribution in [1.82, 2.24) is 4.90 Å². The van der Waals surface area contributed by atoms with E-state index in [-0.39, 0.29) is 12.3 Å². The zero-order chi connectivity index (χ0) is 13.5. The van der Waals surface area contributed by atoms with Gasteiger partial charge in [0.05, 0.1) is 6.61 Å². The van der Waals surface area contributed by atoms with Crippen molar-refractivity contribution in [3.63, 3.8) is 0 Å². The second kappa shape index (κ2) is 7.16. The van der Waals surface area contributed by atoms with Gasteiger partial charge < -0.3 is 9.64 Å². The Morgan fingerprint density at radius 2 is 2.17 bits per heavy atom. The number of hydrogen-bond acceptors (Lipinski definition) is 4. The van der Waals surface area contributed by atoms with Crippen molar-refractivity contribution in [3.05, 3.63) is 21.9 Å². The Hall–Kier alpha value is -1.36. The third kappa shape index (κ3) is 4.49. The van der Waals surface area contributed by atoms with Crippen molar-refractivity contribution in [2.45, 2.75) is 26.7 Å². The zero-order valence-electron chi connectivity index (χ0n) is 11.1. The molecule has 1 aromatic heterocycles. The fourth-order valence-corrected chi connectivity index (χ4v) is 2.42. The molecule has 0 atom stereocenters. The molecule has 1 heterocycles. The van der Waals surface area contributed by atoms with Gasteiger partial charge in [-0.15, -0.1) is 11.3 Å². The monoisotopic (exact) mass is 269 g/mol. The Kier molecular flexibility index (Phi) is 5.85. The summed E-state index contributed by atoms with van der Waals surface area (Å²) in [6, 6.07) is 2.07. The summed E-state index contributed by atoms with van der Waals surface area (Å²) >= 11 is 1.70. The number of amides is 1. The second-order valence-corrected chi connectivity index (χ2v) is 5.07. The van der Waals surface area contributed by atoms with Crippen LogP contribution in [0.4, 0.5) is 0 Å². The Bertz CT molecular complexity index is 414. The van der Waals surface area contributed by atoms with Crippen LogP contribution in [0.2, 0.25) is 0 Å². The van der Waals surface area contributed by atoms with E-state index in [1.54, 1.807) is 30.2 Å². The topological polar surface area (TPSA) is 46.6 Å². The fraction of sp³-hybridized carbons (Fsp3) is 0.538. The van der Waals surface area contributed by atoms with Gasteiger partial charge in [0.2, 0.25) is 5.91 Å². The standard InChI is InChI=1S/C13H19NO3S/c1-4-17-13(16)9-12(15)14(3)7-5-11-10(2)6-8-18-11/h6,8H,4-5,7,9H2,1-3H3. The second-order valence-electron chi connectivity index (χ2n) is 4.07. The molecule has 18 heavy (non-hydrogen) atoms. The number of esters is 1. The summed E-state index contributed by atoms with van der Waals surface area (Å²) in [7, 11) is 1.71. The average Bonchev–Trinajstić information content (AvgIpc) is 2.72. The van der Waals surface area contributed by atoms with Gasteiger partial charge >= 0.3 is 5.97 Å². The molecule has 1 aromatic rings. The van der Waals surface area contributed by atoms with Crippen molar-refractivity contribution in [2.75, 3.05) is 20.2 Å². The number of ether oxygens (including phenoxy) is 1. The minimum Gasteiger partial charge on any atom is -0.466 e. The molecule has 5 heteroatoms. The molecular formula is C13H19NO3S. The first-order valence-corrected chi connectivity index (χ1v) is 6.85. The molecule has 0 radical (unpaired) electrons. The molecule has 100 valence electrons. The summed E-state index contributed by atoms with van der Waals surface area (Å²) in [5.74, 6) is -0.649. The molecule has 0 saturated heterocycles. The largest absolute Gasteiger partial charge is 0.466 e. The van der Waals surface area contributed by atoms with Crippen molar-refractivity contribution < 1.29 is 14.3 Å². The lowest BCUT2D eigenvalue weighted by atomic mass is 10.2. The number of aryl methyl sites for hydroxylation is 1. The molecule has 0 aromatic carbocycles. The number of carbonyl (C=O) groups is 2. The maximum Gasteiger partial charge on any atom is 0.315 e. The van der Waals surface area contributed by atoms with Crippen LogP contribution < -0.4 is 0 Å². The molecule has 0 spiro atoms. The molecule has 0 bridgehead atoms. The molecule has 0 saturated carbocycles. The van der Waals surface area contributed by atoms with Crippen molar-refractivity contribution in [3.8, 4) is 0 Å². The Balaban J connectivity index is 2.36. The van der Waals surface area contributed by atoms with E-state index in [0.29, 0.717) is 13.2 Å². The van der Waals surface area contributed by atoms with E-state index in [9.17, 15) is 9.59 Å². The van der Waals surface area contributed by atoms with E-state index in [1.807, 2.05) is 5.38 Å². The van der Waals surface area contributed by atoms with Crippen LogP contribution in [0.15, 0.2) is 11.4 Å². The number of nitrogens with zero attached hydrogens (tertiary/aromatic N) is 1. The number of thiophene rings is 1. The van der Waals surface area contributed by atoms with Gasteiger partial charge in [0.15, 0.2) is 0 Å². The lowest BCUT2D eigenvalue weighted by Gasteiger charge is -2.16. The molecule has 0 aliphatic carbocycles. The highest BCUT2D eigenvalue weighted by molar-refractivity contribution is 7.10. The van der Waals surface area contributed by atoms with Crippen LogP contribution >= 0.6 is 11.3 Å². The first-order valence-electron chi connectivity index (χ1n) is 5.97. The quantitative estimate of drug-likeness (QED) is 0.586. The number of likely N-dealkylation sites (N-methyl/N-ethyl adjacent to an activating group) is 1. The number of rotatable bonds is 6. The smallest absolute Gasteiger partial charge is 0.315 e. The lowest BCUT2D eigenvalue weighted by Crippen LogP contribution is -2.30. The Morgan fingerprint density at radius 3 is 2.72 bits per heavy atom. The Labute approximate surface area is 112 Å². The molecule has 1 amide bonds. The minimum atomic E-state index is -0.457.